The number of ether oxygens (including phenoxy) is 1. The van der Waals surface area contributed by atoms with Crippen LogP contribution in [-0.2, 0) is 17.8 Å². The Morgan fingerprint density at radius 1 is 1.24 bits per heavy atom. The van der Waals surface area contributed by atoms with Gasteiger partial charge in [-0.2, -0.15) is 0 Å². The molecule has 0 radical (unpaired) electrons. The molecule has 3 N–H and O–H groups in total. The highest BCUT2D eigenvalue weighted by atomic mass is 79.9. The first-order valence-corrected chi connectivity index (χ1v) is 13.8. The number of piperidine rings is 1. The number of aliphatic hydroxyl groups is 1. The maximum Gasteiger partial charge on any atom is 0.274 e. The number of amides is 2. The van der Waals surface area contributed by atoms with Crippen molar-refractivity contribution in [1.82, 2.24) is 24.2 Å². The summed E-state index contributed by atoms with van der Waals surface area (Å²) in [4.78, 5) is 37.6. The van der Waals surface area contributed by atoms with E-state index in [1.54, 1.807) is 26.6 Å². The number of likely N-dealkylation sites (tertiary alicyclic amines) is 2. The van der Waals surface area contributed by atoms with Gasteiger partial charge < -0.3 is 25.4 Å². The van der Waals surface area contributed by atoms with Gasteiger partial charge in [-0.3, -0.25) is 14.0 Å². The van der Waals surface area contributed by atoms with E-state index in [4.69, 9.17) is 10.5 Å². The standard InChI is InChI=1S/C27H33BrN6O4/c1-27(13-18-5-2-3-6-19(18)14-29)8-10-33(16-21(27)35)26(37)20-15-34-17-22(28)31-25(24(34)30-20)38-12-11-32-9-4-7-23(32)36/h2-3,5-6,15,17,21,35H,4,7-14,16,29H2,1H3/t21-,27-/m1/s1. The molecule has 38 heavy (non-hydrogen) atoms. The fourth-order valence-corrected chi connectivity index (χ4v) is 5.71. The van der Waals surface area contributed by atoms with Crippen molar-refractivity contribution >= 4 is 33.4 Å². The molecule has 202 valence electrons. The Balaban J connectivity index is 1.27. The predicted octanol–water partition coefficient (Wildman–Crippen LogP) is 2.41. The van der Waals surface area contributed by atoms with Crippen molar-refractivity contribution in [2.24, 2.45) is 11.1 Å². The minimum absolute atomic E-state index is 0.137. The number of rotatable bonds is 8. The van der Waals surface area contributed by atoms with E-state index in [-0.39, 0.29) is 42.0 Å². The van der Waals surface area contributed by atoms with Crippen LogP contribution in [0.15, 0.2) is 41.3 Å². The number of nitrogens with zero attached hydrogens (tertiary/aromatic N) is 5. The monoisotopic (exact) mass is 584 g/mol. The SMILES string of the molecule is C[C@]1(Cc2ccccc2CN)CCN(C(=O)c2cn3cc(Br)nc(OCCN4CCCC4=O)c3n2)C[C@H]1O. The second-order valence-electron chi connectivity index (χ2n) is 10.4. The largest absolute Gasteiger partial charge is 0.473 e. The first-order valence-electron chi connectivity index (χ1n) is 13.0. The minimum Gasteiger partial charge on any atom is -0.473 e. The molecule has 2 amide bonds. The Morgan fingerprint density at radius 3 is 2.74 bits per heavy atom. The van der Waals surface area contributed by atoms with Gasteiger partial charge in [0.05, 0.1) is 12.6 Å². The Labute approximate surface area is 229 Å². The summed E-state index contributed by atoms with van der Waals surface area (Å²) in [5.74, 6) is 0.176. The van der Waals surface area contributed by atoms with Crippen molar-refractivity contribution in [3.63, 3.8) is 0 Å². The van der Waals surface area contributed by atoms with E-state index >= 15 is 0 Å². The highest BCUT2D eigenvalue weighted by Gasteiger charge is 2.40. The lowest BCUT2D eigenvalue weighted by Crippen LogP contribution is -2.52. The number of β-amino-alcohol motifs (C(OH)–C–C–N with tert-alkyl or cyclic N) is 1. The van der Waals surface area contributed by atoms with Crippen molar-refractivity contribution in [3.8, 4) is 5.88 Å². The van der Waals surface area contributed by atoms with Crippen LogP contribution < -0.4 is 10.5 Å². The first kappa shape index (κ1) is 26.6. The van der Waals surface area contributed by atoms with Crippen molar-refractivity contribution in [1.29, 1.82) is 0 Å². The molecule has 11 heteroatoms. The minimum atomic E-state index is -0.689. The molecule has 0 spiro atoms. The van der Waals surface area contributed by atoms with Crippen LogP contribution in [0.25, 0.3) is 5.65 Å². The highest BCUT2D eigenvalue weighted by Crippen LogP contribution is 2.36. The molecule has 2 saturated heterocycles. The van der Waals surface area contributed by atoms with Gasteiger partial charge in [-0.15, -0.1) is 0 Å². The van der Waals surface area contributed by atoms with Crippen molar-refractivity contribution in [3.05, 3.63) is 58.1 Å². The van der Waals surface area contributed by atoms with Crippen molar-refractivity contribution in [2.45, 2.75) is 45.3 Å². The third kappa shape index (κ3) is 5.41. The molecule has 10 nitrogen and oxygen atoms in total. The van der Waals surface area contributed by atoms with E-state index < -0.39 is 6.10 Å². The van der Waals surface area contributed by atoms with Gasteiger partial charge in [0.25, 0.3) is 11.8 Å². The lowest BCUT2D eigenvalue weighted by atomic mass is 9.73. The predicted molar refractivity (Wildman–Crippen MR) is 145 cm³/mol. The maximum absolute atomic E-state index is 13.4. The van der Waals surface area contributed by atoms with E-state index in [1.165, 1.54) is 0 Å². The van der Waals surface area contributed by atoms with Crippen LogP contribution in [0.3, 0.4) is 0 Å². The number of benzene rings is 1. The molecule has 2 aromatic heterocycles. The van der Waals surface area contributed by atoms with Gasteiger partial charge in [0.15, 0.2) is 0 Å². The van der Waals surface area contributed by atoms with Crippen LogP contribution in [-0.4, -0.2) is 80.0 Å². The van der Waals surface area contributed by atoms with Crippen LogP contribution in [0.1, 0.15) is 47.8 Å². The van der Waals surface area contributed by atoms with E-state index in [0.29, 0.717) is 49.1 Å². The molecular weight excluding hydrogens is 552 g/mol. The summed E-state index contributed by atoms with van der Waals surface area (Å²) in [6.45, 7) is 4.76. The van der Waals surface area contributed by atoms with Crippen LogP contribution in [0.5, 0.6) is 5.88 Å². The van der Waals surface area contributed by atoms with Gasteiger partial charge in [0, 0.05) is 50.4 Å². The molecule has 2 fully saturated rings. The summed E-state index contributed by atoms with van der Waals surface area (Å²) in [6, 6.07) is 8.04. The lowest BCUT2D eigenvalue weighted by Gasteiger charge is -2.43. The van der Waals surface area contributed by atoms with E-state index in [1.807, 2.05) is 18.2 Å². The van der Waals surface area contributed by atoms with Crippen LogP contribution in [0.2, 0.25) is 0 Å². The summed E-state index contributed by atoms with van der Waals surface area (Å²) >= 11 is 3.39. The van der Waals surface area contributed by atoms with Gasteiger partial charge in [-0.25, -0.2) is 9.97 Å². The number of aromatic nitrogens is 3. The van der Waals surface area contributed by atoms with Crippen molar-refractivity contribution in [2.75, 3.05) is 32.8 Å². The second kappa shape index (κ2) is 11.0. The molecule has 4 heterocycles. The van der Waals surface area contributed by atoms with Crippen LogP contribution >= 0.6 is 15.9 Å². The topological polar surface area (TPSA) is 126 Å². The average molecular weight is 586 g/mol. The number of nitrogens with two attached hydrogens (primary N) is 1. The smallest absolute Gasteiger partial charge is 0.274 e. The molecule has 0 bridgehead atoms. The molecule has 0 aliphatic carbocycles. The van der Waals surface area contributed by atoms with Gasteiger partial charge >= 0.3 is 0 Å². The van der Waals surface area contributed by atoms with Gasteiger partial charge in [-0.05, 0) is 46.3 Å². The van der Waals surface area contributed by atoms with Gasteiger partial charge in [0.2, 0.25) is 11.6 Å². The Bertz CT molecular complexity index is 1350. The summed E-state index contributed by atoms with van der Waals surface area (Å²) in [6.07, 6.45) is 5.48. The number of hydrogen-bond donors (Lipinski definition) is 2. The fourth-order valence-electron chi connectivity index (χ4n) is 5.33. The van der Waals surface area contributed by atoms with Crippen LogP contribution in [0, 0.1) is 5.41 Å². The summed E-state index contributed by atoms with van der Waals surface area (Å²) in [7, 11) is 0. The number of carbonyl (C=O) groups is 2. The van der Waals surface area contributed by atoms with Crippen molar-refractivity contribution < 1.29 is 19.4 Å². The maximum atomic E-state index is 13.4. The van der Waals surface area contributed by atoms with Gasteiger partial charge in [0.1, 0.15) is 16.9 Å². The van der Waals surface area contributed by atoms with E-state index in [2.05, 4.69) is 38.9 Å². The van der Waals surface area contributed by atoms with E-state index in [0.717, 1.165) is 24.1 Å². The lowest BCUT2D eigenvalue weighted by molar-refractivity contribution is -0.128. The molecule has 1 aromatic carbocycles. The number of carbonyl (C=O) groups excluding carboxylic acids is 2. The zero-order chi connectivity index (χ0) is 26.9. The Kier molecular flexibility index (Phi) is 7.69. The fraction of sp³-hybridized carbons (Fsp3) is 0.481. The third-order valence-electron chi connectivity index (χ3n) is 7.74. The quantitative estimate of drug-likeness (QED) is 0.416. The van der Waals surface area contributed by atoms with Gasteiger partial charge in [-0.1, -0.05) is 31.2 Å². The molecule has 2 atom stereocenters. The molecular formula is C27H33BrN6O4. The molecule has 0 unspecified atom stereocenters. The average Bonchev–Trinajstić information content (AvgIpc) is 3.51. The number of halogens is 1. The summed E-state index contributed by atoms with van der Waals surface area (Å²) in [5, 5.41) is 11.1. The number of aliphatic hydroxyl groups excluding tert-OH is 1. The zero-order valence-electron chi connectivity index (χ0n) is 21.5. The first-order chi connectivity index (χ1) is 18.3. The molecule has 5 rings (SSSR count). The normalized spacial score (nSPS) is 21.9. The van der Waals surface area contributed by atoms with Crippen LogP contribution in [0.4, 0.5) is 0 Å². The third-order valence-corrected chi connectivity index (χ3v) is 8.12. The summed E-state index contributed by atoms with van der Waals surface area (Å²) < 4.78 is 8.12. The number of imidazole rings is 1. The molecule has 2 aliphatic heterocycles. The summed E-state index contributed by atoms with van der Waals surface area (Å²) in [5.41, 5.74) is 8.44. The Hall–Kier alpha value is -3.02. The second-order valence-corrected chi connectivity index (χ2v) is 11.2. The zero-order valence-corrected chi connectivity index (χ0v) is 23.1. The molecule has 2 aliphatic rings. The van der Waals surface area contributed by atoms with E-state index in [9.17, 15) is 14.7 Å². The number of fused-ring (bicyclic) bond motifs is 1. The molecule has 0 saturated carbocycles. The Morgan fingerprint density at radius 2 is 2.03 bits per heavy atom. The number of hydrogen-bond acceptors (Lipinski definition) is 7. The highest BCUT2D eigenvalue weighted by molar-refractivity contribution is 9.10. The molecule has 3 aromatic rings.